The molecule has 0 atom stereocenters. The fourth-order valence-electron chi connectivity index (χ4n) is 2.52. The van der Waals surface area contributed by atoms with Gasteiger partial charge in [0.15, 0.2) is 0 Å². The highest BCUT2D eigenvalue weighted by Crippen LogP contribution is 2.24. The summed E-state index contributed by atoms with van der Waals surface area (Å²) in [6, 6.07) is 14.8. The van der Waals surface area contributed by atoms with E-state index in [4.69, 9.17) is 25.8 Å². The molecule has 0 radical (unpaired) electrons. The minimum atomic E-state index is -0.485. The summed E-state index contributed by atoms with van der Waals surface area (Å²) in [5.74, 6) is 0.786. The van der Waals surface area contributed by atoms with Gasteiger partial charge in [-0.15, -0.1) is 0 Å². The molecule has 0 spiro atoms. The van der Waals surface area contributed by atoms with Gasteiger partial charge in [0.25, 0.3) is 0 Å². The molecular formula is C21H18ClNO4. The van der Waals surface area contributed by atoms with E-state index in [9.17, 15) is 4.79 Å². The number of carbonyl (C=O) groups is 1. The van der Waals surface area contributed by atoms with E-state index < -0.39 is 5.97 Å². The van der Waals surface area contributed by atoms with Crippen LogP contribution < -0.4 is 9.47 Å². The van der Waals surface area contributed by atoms with Gasteiger partial charge in [0.2, 0.25) is 0 Å². The van der Waals surface area contributed by atoms with Crippen LogP contribution in [0, 0.1) is 0 Å². The van der Waals surface area contributed by atoms with E-state index in [1.807, 2.05) is 30.3 Å². The number of hydrogen-bond acceptors (Lipinski definition) is 5. The SMILES string of the molecule is COc1cc(/C=C/C(=O)OCc2cc3ccccc3nc2Cl)cc(OC)c1. The van der Waals surface area contributed by atoms with E-state index in [2.05, 4.69) is 4.98 Å². The van der Waals surface area contributed by atoms with Crippen LogP contribution in [0.4, 0.5) is 0 Å². The van der Waals surface area contributed by atoms with E-state index in [1.165, 1.54) is 6.08 Å². The van der Waals surface area contributed by atoms with Crippen molar-refractivity contribution in [2.24, 2.45) is 0 Å². The molecule has 0 saturated carbocycles. The van der Waals surface area contributed by atoms with Crippen molar-refractivity contribution in [2.45, 2.75) is 6.61 Å². The maximum atomic E-state index is 12.0. The van der Waals surface area contributed by atoms with Crippen molar-refractivity contribution in [2.75, 3.05) is 14.2 Å². The average Bonchev–Trinajstić information content (AvgIpc) is 2.70. The van der Waals surface area contributed by atoms with Crippen molar-refractivity contribution in [1.29, 1.82) is 0 Å². The number of benzene rings is 2. The second kappa shape index (κ2) is 8.56. The fourth-order valence-corrected chi connectivity index (χ4v) is 2.72. The van der Waals surface area contributed by atoms with Crippen molar-refractivity contribution < 1.29 is 19.0 Å². The number of carbonyl (C=O) groups excluding carboxylic acids is 1. The molecule has 0 aliphatic rings. The van der Waals surface area contributed by atoms with E-state index in [1.54, 1.807) is 38.5 Å². The first-order valence-electron chi connectivity index (χ1n) is 8.21. The van der Waals surface area contributed by atoms with Crippen LogP contribution in [0.1, 0.15) is 11.1 Å². The first-order chi connectivity index (χ1) is 13.1. The van der Waals surface area contributed by atoms with Crippen molar-refractivity contribution in [3.8, 4) is 11.5 Å². The lowest BCUT2D eigenvalue weighted by molar-refractivity contribution is -0.138. The van der Waals surface area contributed by atoms with Gasteiger partial charge in [-0.3, -0.25) is 0 Å². The normalized spacial score (nSPS) is 10.9. The lowest BCUT2D eigenvalue weighted by Crippen LogP contribution is -2.02. The molecule has 6 heteroatoms. The Morgan fingerprint density at radius 2 is 1.78 bits per heavy atom. The fraction of sp³-hybridized carbons (Fsp3) is 0.143. The lowest BCUT2D eigenvalue weighted by Gasteiger charge is -2.07. The third kappa shape index (κ3) is 4.77. The number of halogens is 1. The average molecular weight is 384 g/mol. The Balaban J connectivity index is 1.68. The Labute approximate surface area is 162 Å². The molecule has 0 amide bonds. The maximum absolute atomic E-state index is 12.0. The molecule has 1 heterocycles. The van der Waals surface area contributed by atoms with E-state index >= 15 is 0 Å². The Hall–Kier alpha value is -3.05. The van der Waals surface area contributed by atoms with Gasteiger partial charge in [0.05, 0.1) is 19.7 Å². The first kappa shape index (κ1) is 18.7. The molecule has 0 aliphatic carbocycles. The Kier molecular flexibility index (Phi) is 5.94. The summed E-state index contributed by atoms with van der Waals surface area (Å²) in [4.78, 5) is 16.4. The summed E-state index contributed by atoms with van der Waals surface area (Å²) in [5, 5.41) is 1.26. The Bertz CT molecular complexity index is 978. The molecular weight excluding hydrogens is 366 g/mol. The zero-order valence-corrected chi connectivity index (χ0v) is 15.7. The highest BCUT2D eigenvalue weighted by Gasteiger charge is 2.07. The topological polar surface area (TPSA) is 57.7 Å². The number of para-hydroxylation sites is 1. The number of esters is 1. The zero-order valence-electron chi connectivity index (χ0n) is 14.9. The summed E-state index contributed by atoms with van der Waals surface area (Å²) >= 11 is 6.18. The largest absolute Gasteiger partial charge is 0.497 e. The predicted molar refractivity (Wildman–Crippen MR) is 105 cm³/mol. The number of methoxy groups -OCH3 is 2. The van der Waals surface area contributed by atoms with Crippen LogP contribution in [0.2, 0.25) is 5.15 Å². The standard InChI is InChI=1S/C21H18ClNO4/c1-25-17-9-14(10-18(12-17)26-2)7-8-20(24)27-13-16-11-15-5-3-4-6-19(15)23-21(16)22/h3-12H,13H2,1-2H3/b8-7+. The van der Waals surface area contributed by atoms with Crippen LogP contribution >= 0.6 is 11.6 Å². The molecule has 0 bridgehead atoms. The molecule has 2 aromatic carbocycles. The van der Waals surface area contributed by atoms with Gasteiger partial charge in [-0.2, -0.15) is 0 Å². The van der Waals surface area contributed by atoms with Crippen LogP contribution in [0.3, 0.4) is 0 Å². The molecule has 27 heavy (non-hydrogen) atoms. The number of fused-ring (bicyclic) bond motifs is 1. The molecule has 0 aliphatic heterocycles. The van der Waals surface area contributed by atoms with Crippen LogP contribution in [0.5, 0.6) is 11.5 Å². The predicted octanol–water partition coefficient (Wildman–Crippen LogP) is 4.66. The van der Waals surface area contributed by atoms with E-state index in [0.29, 0.717) is 22.2 Å². The zero-order chi connectivity index (χ0) is 19.2. The smallest absolute Gasteiger partial charge is 0.331 e. The van der Waals surface area contributed by atoms with Gasteiger partial charge >= 0.3 is 5.97 Å². The van der Waals surface area contributed by atoms with Gasteiger partial charge in [-0.05, 0) is 35.9 Å². The molecule has 3 rings (SSSR count). The van der Waals surface area contributed by atoms with Crippen molar-refractivity contribution in [3.05, 3.63) is 70.9 Å². The summed E-state index contributed by atoms with van der Waals surface area (Å²) in [6.07, 6.45) is 2.98. The molecule has 3 aromatic rings. The van der Waals surface area contributed by atoms with Crippen molar-refractivity contribution in [1.82, 2.24) is 4.98 Å². The number of ether oxygens (including phenoxy) is 3. The van der Waals surface area contributed by atoms with E-state index in [-0.39, 0.29) is 6.61 Å². The highest BCUT2D eigenvalue weighted by molar-refractivity contribution is 6.30. The molecule has 1 aromatic heterocycles. The molecule has 5 nitrogen and oxygen atoms in total. The van der Waals surface area contributed by atoms with E-state index in [0.717, 1.165) is 16.5 Å². The van der Waals surface area contributed by atoms with Crippen LogP contribution in [0.25, 0.3) is 17.0 Å². The quantitative estimate of drug-likeness (QED) is 0.352. The lowest BCUT2D eigenvalue weighted by atomic mass is 10.1. The third-order valence-corrected chi connectivity index (χ3v) is 4.23. The Morgan fingerprint density at radius 3 is 2.48 bits per heavy atom. The molecule has 0 N–H and O–H groups in total. The number of aromatic nitrogens is 1. The summed E-state index contributed by atoms with van der Waals surface area (Å²) < 4.78 is 15.7. The Morgan fingerprint density at radius 1 is 1.07 bits per heavy atom. The number of rotatable bonds is 6. The van der Waals surface area contributed by atoms with Crippen LogP contribution in [-0.4, -0.2) is 25.2 Å². The molecule has 0 saturated heterocycles. The number of pyridine rings is 1. The van der Waals surface area contributed by atoms with Crippen LogP contribution in [-0.2, 0) is 16.1 Å². The second-order valence-electron chi connectivity index (χ2n) is 5.72. The number of hydrogen-bond donors (Lipinski definition) is 0. The van der Waals surface area contributed by atoms with Crippen LogP contribution in [0.15, 0.2) is 54.6 Å². The third-order valence-electron chi connectivity index (χ3n) is 3.91. The highest BCUT2D eigenvalue weighted by atomic mass is 35.5. The van der Waals surface area contributed by atoms with Gasteiger partial charge < -0.3 is 14.2 Å². The summed E-state index contributed by atoms with van der Waals surface area (Å²) in [6.45, 7) is 0.0429. The molecule has 0 fully saturated rings. The maximum Gasteiger partial charge on any atom is 0.331 e. The van der Waals surface area contributed by atoms with Gasteiger partial charge in [0.1, 0.15) is 23.3 Å². The summed E-state index contributed by atoms with van der Waals surface area (Å²) in [7, 11) is 3.13. The number of nitrogens with zero attached hydrogens (tertiary/aromatic N) is 1. The van der Waals surface area contributed by atoms with Gasteiger partial charge in [-0.1, -0.05) is 29.8 Å². The monoisotopic (exact) mass is 383 g/mol. The van der Waals surface area contributed by atoms with Crippen molar-refractivity contribution >= 4 is 34.5 Å². The first-order valence-corrected chi connectivity index (χ1v) is 8.59. The molecule has 138 valence electrons. The molecule has 0 unspecified atom stereocenters. The minimum Gasteiger partial charge on any atom is -0.497 e. The minimum absolute atomic E-state index is 0.0429. The van der Waals surface area contributed by atoms with Gasteiger partial charge in [0, 0.05) is 23.1 Å². The second-order valence-corrected chi connectivity index (χ2v) is 6.08. The van der Waals surface area contributed by atoms with Gasteiger partial charge in [-0.25, -0.2) is 9.78 Å². The summed E-state index contributed by atoms with van der Waals surface area (Å²) in [5.41, 5.74) is 2.21. The van der Waals surface area contributed by atoms with Crippen molar-refractivity contribution in [3.63, 3.8) is 0 Å².